The Hall–Kier alpha value is -3.30. The molecule has 0 unspecified atom stereocenters. The third-order valence-corrected chi connectivity index (χ3v) is 6.13. The van der Waals surface area contributed by atoms with Gasteiger partial charge in [0.2, 0.25) is 0 Å². The number of hydrogen-bond acceptors (Lipinski definition) is 6. The van der Waals surface area contributed by atoms with Crippen LogP contribution in [-0.4, -0.2) is 31.3 Å². The third-order valence-electron chi connectivity index (χ3n) is 5.26. The Kier molecular flexibility index (Phi) is 4.26. The average Bonchev–Trinajstić information content (AvgIpc) is 3.39. The lowest BCUT2D eigenvalue weighted by atomic mass is 10.1. The van der Waals surface area contributed by atoms with E-state index in [2.05, 4.69) is 19.9 Å². The number of nitro benzene ring substituents is 1. The van der Waals surface area contributed by atoms with Gasteiger partial charge in [-0.15, -0.1) is 11.3 Å². The molecule has 0 spiro atoms. The first-order valence-electron chi connectivity index (χ1n) is 9.22. The van der Waals surface area contributed by atoms with Crippen LogP contribution < -0.4 is 5.56 Å². The number of hydrogen-bond donors (Lipinski definition) is 2. The molecule has 0 saturated carbocycles. The summed E-state index contributed by atoms with van der Waals surface area (Å²) in [4.78, 5) is 37.5. The van der Waals surface area contributed by atoms with Crippen LogP contribution in [0, 0.1) is 10.1 Å². The summed E-state index contributed by atoms with van der Waals surface area (Å²) in [5.74, 6) is 0.615. The van der Waals surface area contributed by atoms with Crippen molar-refractivity contribution in [3.63, 3.8) is 0 Å². The van der Waals surface area contributed by atoms with Crippen molar-refractivity contribution in [3.05, 3.63) is 79.2 Å². The maximum Gasteiger partial charge on any atom is 0.279 e. The number of aromatic nitrogens is 3. The minimum atomic E-state index is -0.355. The quantitative estimate of drug-likeness (QED) is 0.398. The Labute approximate surface area is 169 Å². The molecule has 3 aromatic heterocycles. The van der Waals surface area contributed by atoms with Crippen LogP contribution in [-0.2, 0) is 19.5 Å². The van der Waals surface area contributed by atoms with Gasteiger partial charge in [0.1, 0.15) is 0 Å². The lowest BCUT2D eigenvalue weighted by Gasteiger charge is -2.27. The van der Waals surface area contributed by atoms with Gasteiger partial charge in [0.05, 0.1) is 32.0 Å². The second-order valence-corrected chi connectivity index (χ2v) is 8.00. The number of non-ortho nitro benzene ring substituents is 1. The lowest BCUT2D eigenvalue weighted by Crippen LogP contribution is -2.35. The largest absolute Gasteiger partial charge is 0.361 e. The third kappa shape index (κ3) is 3.14. The standard InChI is InChI=1S/C20H17N5O3S/c26-20-13-11-24(7-6-14(13)22-19(23-20)17-5-2-8-29-17)10-12-9-21-15-3-1-4-16(18(12)15)25(27)28/h1-5,8-9,21H,6-7,10-11H2,(H,22,23,26). The Morgan fingerprint density at radius 3 is 2.97 bits per heavy atom. The number of nitrogens with zero attached hydrogens (tertiary/aromatic N) is 3. The molecule has 146 valence electrons. The maximum absolute atomic E-state index is 12.7. The van der Waals surface area contributed by atoms with Crippen LogP contribution in [0.3, 0.4) is 0 Å². The summed E-state index contributed by atoms with van der Waals surface area (Å²) in [5, 5.41) is 14.0. The van der Waals surface area contributed by atoms with Crippen molar-refractivity contribution in [2.24, 2.45) is 0 Å². The molecule has 0 atom stereocenters. The molecule has 4 aromatic rings. The molecular weight excluding hydrogens is 390 g/mol. The van der Waals surface area contributed by atoms with E-state index in [1.54, 1.807) is 17.4 Å². The maximum atomic E-state index is 12.7. The van der Waals surface area contributed by atoms with Gasteiger partial charge in [-0.1, -0.05) is 12.1 Å². The fraction of sp³-hybridized carbons (Fsp3) is 0.200. The molecule has 9 heteroatoms. The summed E-state index contributed by atoms with van der Waals surface area (Å²) in [6.07, 6.45) is 2.48. The number of benzene rings is 1. The number of thiophene rings is 1. The second kappa shape index (κ2) is 6.94. The molecule has 1 aromatic carbocycles. The van der Waals surface area contributed by atoms with E-state index in [0.29, 0.717) is 36.3 Å². The summed E-state index contributed by atoms with van der Waals surface area (Å²) in [7, 11) is 0. The van der Waals surface area contributed by atoms with Crippen molar-refractivity contribution in [1.29, 1.82) is 0 Å². The van der Waals surface area contributed by atoms with Crippen molar-refractivity contribution in [2.75, 3.05) is 6.54 Å². The summed E-state index contributed by atoms with van der Waals surface area (Å²) < 4.78 is 0. The molecule has 0 radical (unpaired) electrons. The van der Waals surface area contributed by atoms with Crippen LogP contribution in [0.1, 0.15) is 16.8 Å². The smallest absolute Gasteiger partial charge is 0.279 e. The molecular formula is C20H17N5O3S. The van der Waals surface area contributed by atoms with Gasteiger partial charge in [-0.05, 0) is 23.1 Å². The Bertz CT molecular complexity index is 1280. The summed E-state index contributed by atoms with van der Waals surface area (Å²) in [5.41, 5.74) is 3.08. The Morgan fingerprint density at radius 1 is 1.28 bits per heavy atom. The molecule has 5 rings (SSSR count). The molecule has 1 aliphatic heterocycles. The van der Waals surface area contributed by atoms with E-state index in [1.807, 2.05) is 29.8 Å². The normalized spacial score (nSPS) is 14.2. The van der Waals surface area contributed by atoms with Crippen LogP contribution in [0.2, 0.25) is 0 Å². The monoisotopic (exact) mass is 407 g/mol. The summed E-state index contributed by atoms with van der Waals surface area (Å²) in [6.45, 7) is 1.73. The van der Waals surface area contributed by atoms with E-state index in [4.69, 9.17) is 0 Å². The SMILES string of the molecule is O=c1[nH]c(-c2cccs2)nc2c1CN(Cc1c[nH]c3cccc([N+](=O)[O-])c13)CC2. The zero-order valence-electron chi connectivity index (χ0n) is 15.3. The highest BCUT2D eigenvalue weighted by Crippen LogP contribution is 2.30. The molecule has 0 bridgehead atoms. The van der Waals surface area contributed by atoms with E-state index < -0.39 is 0 Å². The van der Waals surface area contributed by atoms with Crippen molar-refractivity contribution < 1.29 is 4.92 Å². The van der Waals surface area contributed by atoms with Crippen LogP contribution in [0.25, 0.3) is 21.6 Å². The zero-order valence-corrected chi connectivity index (χ0v) is 16.2. The molecule has 0 fully saturated rings. The van der Waals surface area contributed by atoms with Crippen molar-refractivity contribution in [2.45, 2.75) is 19.5 Å². The van der Waals surface area contributed by atoms with E-state index in [0.717, 1.165) is 28.2 Å². The molecule has 8 nitrogen and oxygen atoms in total. The van der Waals surface area contributed by atoms with Crippen molar-refractivity contribution in [3.8, 4) is 10.7 Å². The number of nitro groups is 1. The molecule has 4 heterocycles. The molecule has 0 aliphatic carbocycles. The lowest BCUT2D eigenvalue weighted by molar-refractivity contribution is -0.383. The Balaban J connectivity index is 1.45. The van der Waals surface area contributed by atoms with Gasteiger partial charge in [-0.3, -0.25) is 19.8 Å². The van der Waals surface area contributed by atoms with E-state index >= 15 is 0 Å². The fourth-order valence-corrected chi connectivity index (χ4v) is 4.57. The van der Waals surface area contributed by atoms with Gasteiger partial charge in [-0.2, -0.15) is 0 Å². The second-order valence-electron chi connectivity index (χ2n) is 7.05. The van der Waals surface area contributed by atoms with Gasteiger partial charge >= 0.3 is 0 Å². The fourth-order valence-electron chi connectivity index (χ4n) is 3.90. The molecule has 2 N–H and O–H groups in total. The van der Waals surface area contributed by atoms with Crippen LogP contribution >= 0.6 is 11.3 Å². The van der Waals surface area contributed by atoms with Crippen molar-refractivity contribution in [1.82, 2.24) is 19.9 Å². The highest BCUT2D eigenvalue weighted by atomic mass is 32.1. The first-order chi connectivity index (χ1) is 14.1. The van der Waals surface area contributed by atoms with Crippen LogP contribution in [0.4, 0.5) is 5.69 Å². The van der Waals surface area contributed by atoms with Gasteiger partial charge in [0.15, 0.2) is 5.82 Å². The highest BCUT2D eigenvalue weighted by Gasteiger charge is 2.24. The number of rotatable bonds is 4. The van der Waals surface area contributed by atoms with Gasteiger partial charge in [0.25, 0.3) is 11.2 Å². The number of H-pyrrole nitrogens is 2. The molecule has 1 aliphatic rings. The number of fused-ring (bicyclic) bond motifs is 2. The molecule has 0 amide bonds. The van der Waals surface area contributed by atoms with Crippen molar-refractivity contribution >= 4 is 27.9 Å². The van der Waals surface area contributed by atoms with Gasteiger partial charge < -0.3 is 9.97 Å². The van der Waals surface area contributed by atoms with Gasteiger partial charge in [0, 0.05) is 38.3 Å². The predicted molar refractivity (Wildman–Crippen MR) is 111 cm³/mol. The van der Waals surface area contributed by atoms with Crippen LogP contribution in [0.15, 0.2) is 46.7 Å². The Morgan fingerprint density at radius 2 is 2.17 bits per heavy atom. The summed E-state index contributed by atoms with van der Waals surface area (Å²) >= 11 is 1.54. The topological polar surface area (TPSA) is 108 Å². The summed E-state index contributed by atoms with van der Waals surface area (Å²) in [6, 6.07) is 8.90. The zero-order chi connectivity index (χ0) is 20.0. The number of nitrogens with one attached hydrogen (secondary N) is 2. The first kappa shape index (κ1) is 17.8. The van der Waals surface area contributed by atoms with E-state index in [1.165, 1.54) is 6.07 Å². The van der Waals surface area contributed by atoms with E-state index in [9.17, 15) is 14.9 Å². The first-order valence-corrected chi connectivity index (χ1v) is 10.1. The minimum Gasteiger partial charge on any atom is -0.361 e. The van der Waals surface area contributed by atoms with Crippen LogP contribution in [0.5, 0.6) is 0 Å². The molecule has 29 heavy (non-hydrogen) atoms. The van der Waals surface area contributed by atoms with E-state index in [-0.39, 0.29) is 16.2 Å². The minimum absolute atomic E-state index is 0.0938. The highest BCUT2D eigenvalue weighted by molar-refractivity contribution is 7.13. The molecule has 0 saturated heterocycles. The average molecular weight is 407 g/mol. The van der Waals surface area contributed by atoms with Gasteiger partial charge in [-0.25, -0.2) is 4.98 Å². The predicted octanol–water partition coefficient (Wildman–Crippen LogP) is 3.45. The number of aromatic amines is 2.